The summed E-state index contributed by atoms with van der Waals surface area (Å²) >= 11 is 0. The number of nitrogens with zero attached hydrogens (tertiary/aromatic N) is 2. The van der Waals surface area contributed by atoms with Crippen LogP contribution in [0.2, 0.25) is 0 Å². The van der Waals surface area contributed by atoms with E-state index in [1.165, 1.54) is 18.9 Å². The highest BCUT2D eigenvalue weighted by molar-refractivity contribution is 5.93. The molecule has 4 heteroatoms. The smallest absolute Gasteiger partial charge is 0.249 e. The lowest BCUT2D eigenvalue weighted by atomic mass is 9.95. The minimum atomic E-state index is -0.104. The van der Waals surface area contributed by atoms with Crippen molar-refractivity contribution in [2.75, 3.05) is 33.2 Å². The fourth-order valence-corrected chi connectivity index (χ4v) is 4.23. The van der Waals surface area contributed by atoms with Gasteiger partial charge in [-0.15, -0.1) is 0 Å². The third-order valence-electron chi connectivity index (χ3n) is 5.70. The van der Waals surface area contributed by atoms with Gasteiger partial charge in [-0.2, -0.15) is 0 Å². The Bertz CT molecular complexity index is 643. The summed E-state index contributed by atoms with van der Waals surface area (Å²) in [5.74, 6) is 0.628. The SMILES string of the molecule is CN(CC1CCCN(CCc2ccccc2F)C1)C(=O)C1=CCCCC1. The van der Waals surface area contributed by atoms with Gasteiger partial charge in [-0.25, -0.2) is 4.39 Å². The topological polar surface area (TPSA) is 23.6 Å². The number of carbonyl (C=O) groups excluding carboxylic acids is 1. The molecule has 1 aliphatic carbocycles. The first-order valence-corrected chi connectivity index (χ1v) is 10.0. The Labute approximate surface area is 156 Å². The number of carbonyl (C=O) groups is 1. The number of likely N-dealkylation sites (N-methyl/N-ethyl adjacent to an activating group) is 1. The number of hydrogen-bond donors (Lipinski definition) is 0. The predicted octanol–water partition coefficient (Wildman–Crippen LogP) is 4.04. The van der Waals surface area contributed by atoms with Crippen molar-refractivity contribution in [1.82, 2.24) is 9.80 Å². The van der Waals surface area contributed by atoms with Gasteiger partial charge >= 0.3 is 0 Å². The Balaban J connectivity index is 1.48. The Morgan fingerprint density at radius 1 is 1.27 bits per heavy atom. The van der Waals surface area contributed by atoms with Gasteiger partial charge in [-0.1, -0.05) is 24.3 Å². The Hall–Kier alpha value is -1.68. The lowest BCUT2D eigenvalue weighted by Gasteiger charge is -2.35. The van der Waals surface area contributed by atoms with E-state index in [2.05, 4.69) is 11.0 Å². The first-order valence-electron chi connectivity index (χ1n) is 10.0. The van der Waals surface area contributed by atoms with Crippen LogP contribution in [0, 0.1) is 11.7 Å². The third kappa shape index (κ3) is 5.16. The number of halogens is 1. The molecule has 1 heterocycles. The molecule has 1 aliphatic heterocycles. The predicted molar refractivity (Wildman–Crippen MR) is 103 cm³/mol. The van der Waals surface area contributed by atoms with Gasteiger partial charge in [-0.05, 0) is 69.0 Å². The summed E-state index contributed by atoms with van der Waals surface area (Å²) in [6, 6.07) is 7.05. The van der Waals surface area contributed by atoms with E-state index in [0.29, 0.717) is 5.92 Å². The minimum absolute atomic E-state index is 0.104. The molecule has 3 rings (SSSR count). The molecule has 0 radical (unpaired) electrons. The molecule has 1 aromatic carbocycles. The standard InChI is InChI=1S/C22H31FN2O/c1-24(22(26)20-10-3-2-4-11-20)16-18-8-7-14-25(17-18)15-13-19-9-5-6-12-21(19)23/h5-6,9-10,12,18H,2-4,7-8,11,13-17H2,1H3. The summed E-state index contributed by atoms with van der Waals surface area (Å²) in [4.78, 5) is 17.0. The Morgan fingerprint density at radius 3 is 2.88 bits per heavy atom. The van der Waals surface area contributed by atoms with E-state index in [-0.39, 0.29) is 11.7 Å². The summed E-state index contributed by atoms with van der Waals surface area (Å²) in [6.07, 6.45) is 9.54. The van der Waals surface area contributed by atoms with Crippen molar-refractivity contribution in [2.24, 2.45) is 5.92 Å². The van der Waals surface area contributed by atoms with Gasteiger partial charge < -0.3 is 9.80 Å². The van der Waals surface area contributed by atoms with Crippen molar-refractivity contribution in [3.63, 3.8) is 0 Å². The van der Waals surface area contributed by atoms with Crippen molar-refractivity contribution in [1.29, 1.82) is 0 Å². The molecular formula is C22H31FN2O. The molecule has 1 atom stereocenters. The maximum absolute atomic E-state index is 13.8. The zero-order valence-electron chi connectivity index (χ0n) is 15.9. The van der Waals surface area contributed by atoms with Gasteiger partial charge in [0.1, 0.15) is 5.82 Å². The molecule has 0 N–H and O–H groups in total. The highest BCUT2D eigenvalue weighted by atomic mass is 19.1. The molecule has 0 bridgehead atoms. The van der Waals surface area contributed by atoms with Gasteiger partial charge in [-0.3, -0.25) is 4.79 Å². The monoisotopic (exact) mass is 358 g/mol. The molecule has 2 aliphatic rings. The molecule has 142 valence electrons. The fourth-order valence-electron chi connectivity index (χ4n) is 4.23. The summed E-state index contributed by atoms with van der Waals surface area (Å²) in [7, 11) is 1.94. The lowest BCUT2D eigenvalue weighted by Crippen LogP contribution is -2.42. The molecule has 0 saturated carbocycles. The summed E-state index contributed by atoms with van der Waals surface area (Å²) < 4.78 is 13.8. The van der Waals surface area contributed by atoms with Crippen molar-refractivity contribution in [3.05, 3.63) is 47.3 Å². The zero-order chi connectivity index (χ0) is 18.4. The van der Waals surface area contributed by atoms with E-state index in [4.69, 9.17) is 0 Å². The Morgan fingerprint density at radius 2 is 2.12 bits per heavy atom. The fraction of sp³-hybridized carbons (Fsp3) is 0.591. The molecule has 0 spiro atoms. The lowest BCUT2D eigenvalue weighted by molar-refractivity contribution is -0.126. The van der Waals surface area contributed by atoms with Crippen molar-refractivity contribution in [3.8, 4) is 0 Å². The summed E-state index contributed by atoms with van der Waals surface area (Å²) in [5.41, 5.74) is 1.80. The van der Waals surface area contributed by atoms with Gasteiger partial charge in [0.2, 0.25) is 5.91 Å². The van der Waals surface area contributed by atoms with E-state index < -0.39 is 0 Å². The van der Waals surface area contributed by atoms with Crippen LogP contribution in [0.4, 0.5) is 4.39 Å². The number of benzene rings is 1. The molecule has 1 unspecified atom stereocenters. The number of rotatable bonds is 6. The van der Waals surface area contributed by atoms with E-state index in [0.717, 1.165) is 69.4 Å². The van der Waals surface area contributed by atoms with Crippen LogP contribution in [0.15, 0.2) is 35.9 Å². The number of amides is 1. The second kappa shape index (κ2) is 9.31. The zero-order valence-corrected chi connectivity index (χ0v) is 15.9. The van der Waals surface area contributed by atoms with E-state index in [1.807, 2.05) is 24.1 Å². The molecule has 1 saturated heterocycles. The molecule has 0 aromatic heterocycles. The van der Waals surface area contributed by atoms with Crippen LogP contribution >= 0.6 is 0 Å². The third-order valence-corrected chi connectivity index (χ3v) is 5.70. The van der Waals surface area contributed by atoms with Crippen LogP contribution in [0.1, 0.15) is 44.1 Å². The van der Waals surface area contributed by atoms with Crippen LogP contribution in [0.3, 0.4) is 0 Å². The average Bonchev–Trinajstić information content (AvgIpc) is 2.68. The number of piperidine rings is 1. The number of likely N-dealkylation sites (tertiary alicyclic amines) is 1. The van der Waals surface area contributed by atoms with Crippen LogP contribution in [-0.4, -0.2) is 48.9 Å². The van der Waals surface area contributed by atoms with Crippen LogP contribution in [0.5, 0.6) is 0 Å². The largest absolute Gasteiger partial charge is 0.342 e. The van der Waals surface area contributed by atoms with Crippen LogP contribution in [-0.2, 0) is 11.2 Å². The van der Waals surface area contributed by atoms with Crippen molar-refractivity contribution < 1.29 is 9.18 Å². The van der Waals surface area contributed by atoms with Gasteiger partial charge in [0.05, 0.1) is 0 Å². The van der Waals surface area contributed by atoms with Crippen molar-refractivity contribution in [2.45, 2.75) is 44.9 Å². The van der Waals surface area contributed by atoms with E-state index in [9.17, 15) is 9.18 Å². The maximum atomic E-state index is 13.8. The van der Waals surface area contributed by atoms with Crippen molar-refractivity contribution >= 4 is 5.91 Å². The number of allylic oxidation sites excluding steroid dienone is 1. The van der Waals surface area contributed by atoms with E-state index in [1.54, 1.807) is 6.07 Å². The molecule has 3 nitrogen and oxygen atoms in total. The first kappa shape index (κ1) is 19.1. The Kier molecular flexibility index (Phi) is 6.84. The average molecular weight is 359 g/mol. The summed E-state index contributed by atoms with van der Waals surface area (Å²) in [6.45, 7) is 3.80. The molecule has 1 amide bonds. The first-order chi connectivity index (χ1) is 12.6. The van der Waals surface area contributed by atoms with Crippen LogP contribution < -0.4 is 0 Å². The molecule has 26 heavy (non-hydrogen) atoms. The summed E-state index contributed by atoms with van der Waals surface area (Å²) in [5, 5.41) is 0. The number of hydrogen-bond acceptors (Lipinski definition) is 2. The highest BCUT2D eigenvalue weighted by Gasteiger charge is 2.24. The molecule has 1 aromatic rings. The highest BCUT2D eigenvalue weighted by Crippen LogP contribution is 2.22. The van der Waals surface area contributed by atoms with Gasteiger partial charge in [0.25, 0.3) is 0 Å². The molecule has 1 fully saturated rings. The maximum Gasteiger partial charge on any atom is 0.249 e. The minimum Gasteiger partial charge on any atom is -0.342 e. The second-order valence-electron chi connectivity index (χ2n) is 7.81. The van der Waals surface area contributed by atoms with Crippen LogP contribution in [0.25, 0.3) is 0 Å². The quantitative estimate of drug-likeness (QED) is 0.766. The second-order valence-corrected chi connectivity index (χ2v) is 7.81. The van der Waals surface area contributed by atoms with E-state index >= 15 is 0 Å². The van der Waals surface area contributed by atoms with Gasteiger partial charge in [0, 0.05) is 32.3 Å². The normalized spacial score (nSPS) is 21.3. The molecular weight excluding hydrogens is 327 g/mol. The van der Waals surface area contributed by atoms with Gasteiger partial charge in [0.15, 0.2) is 0 Å².